The number of rotatable bonds is 5. The summed E-state index contributed by atoms with van der Waals surface area (Å²) in [4.78, 5) is 42.8. The van der Waals surface area contributed by atoms with Crippen LogP contribution in [0.5, 0.6) is 0 Å². The molecule has 0 saturated carbocycles. The number of aryl methyl sites for hydroxylation is 1. The molecule has 2 saturated heterocycles. The first-order valence-electron chi connectivity index (χ1n) is 11.5. The van der Waals surface area contributed by atoms with E-state index in [1.807, 2.05) is 30.0 Å². The van der Waals surface area contributed by atoms with Gasteiger partial charge < -0.3 is 19.5 Å². The third-order valence-corrected chi connectivity index (χ3v) is 6.64. The van der Waals surface area contributed by atoms with Gasteiger partial charge in [-0.05, 0) is 68.7 Å². The minimum absolute atomic E-state index is 0.00226. The summed E-state index contributed by atoms with van der Waals surface area (Å²) in [5.74, 6) is -0.0263. The predicted molar refractivity (Wildman–Crippen MR) is 120 cm³/mol. The van der Waals surface area contributed by atoms with E-state index in [0.717, 1.165) is 37.9 Å². The van der Waals surface area contributed by atoms with Crippen LogP contribution in [0.3, 0.4) is 0 Å². The average Bonchev–Trinajstić information content (AvgIpc) is 3.37. The lowest BCUT2D eigenvalue weighted by atomic mass is 9.87. The molecule has 32 heavy (non-hydrogen) atoms. The van der Waals surface area contributed by atoms with Crippen molar-refractivity contribution >= 4 is 17.7 Å². The molecule has 0 spiro atoms. The van der Waals surface area contributed by atoms with Crippen molar-refractivity contribution in [2.45, 2.75) is 45.1 Å². The van der Waals surface area contributed by atoms with Crippen LogP contribution in [0, 0.1) is 12.8 Å². The summed E-state index contributed by atoms with van der Waals surface area (Å²) in [6, 6.07) is 10.2. The van der Waals surface area contributed by atoms with Crippen LogP contribution >= 0.6 is 0 Å². The quantitative estimate of drug-likeness (QED) is 0.778. The molecule has 1 aromatic heterocycles. The molecule has 0 aliphatic carbocycles. The lowest BCUT2D eigenvalue weighted by molar-refractivity contribution is -0.136. The number of piperidine rings is 2. The van der Waals surface area contributed by atoms with E-state index in [2.05, 4.69) is 5.32 Å². The van der Waals surface area contributed by atoms with Crippen molar-refractivity contribution in [1.82, 2.24) is 15.1 Å². The van der Waals surface area contributed by atoms with Gasteiger partial charge >= 0.3 is 0 Å². The van der Waals surface area contributed by atoms with Crippen LogP contribution in [0.2, 0.25) is 0 Å². The van der Waals surface area contributed by atoms with E-state index in [0.29, 0.717) is 37.3 Å². The molecule has 2 aliphatic rings. The summed E-state index contributed by atoms with van der Waals surface area (Å²) in [6.07, 6.45) is 5.95. The third-order valence-electron chi connectivity index (χ3n) is 6.64. The monoisotopic (exact) mass is 437 g/mol. The smallest absolute Gasteiger partial charge is 0.289 e. The van der Waals surface area contributed by atoms with Gasteiger partial charge in [0.25, 0.3) is 11.8 Å². The number of nitrogens with one attached hydrogen (secondary N) is 1. The summed E-state index contributed by atoms with van der Waals surface area (Å²) in [5.41, 5.74) is 1.47. The fraction of sp³-hybridized carbons (Fsp3) is 0.480. The standard InChI is InChI=1S/C25H31N3O4/c1-18-8-3-4-9-20(18)23(29)26-22(25(31)27-13-5-2-6-14-27)19-11-15-28(16-12-19)24(30)21-10-7-17-32-21/h3-4,7-10,17,19,22H,2,5-6,11-16H2,1H3,(H,26,29). The Balaban J connectivity index is 1.47. The predicted octanol–water partition coefficient (Wildman–Crippen LogP) is 3.25. The van der Waals surface area contributed by atoms with Crippen molar-refractivity contribution in [3.63, 3.8) is 0 Å². The van der Waals surface area contributed by atoms with Crippen LogP contribution in [0.25, 0.3) is 0 Å². The maximum Gasteiger partial charge on any atom is 0.289 e. The Morgan fingerprint density at radius 1 is 0.938 bits per heavy atom. The highest BCUT2D eigenvalue weighted by Crippen LogP contribution is 2.25. The van der Waals surface area contributed by atoms with E-state index >= 15 is 0 Å². The zero-order valence-corrected chi connectivity index (χ0v) is 18.6. The number of likely N-dealkylation sites (tertiary alicyclic amines) is 2. The number of furan rings is 1. The van der Waals surface area contributed by atoms with E-state index in [1.54, 1.807) is 23.1 Å². The molecule has 7 nitrogen and oxygen atoms in total. The minimum Gasteiger partial charge on any atom is -0.459 e. The van der Waals surface area contributed by atoms with Gasteiger partial charge in [0.05, 0.1) is 6.26 Å². The molecule has 1 aromatic carbocycles. The Bertz CT molecular complexity index is 942. The Morgan fingerprint density at radius 3 is 2.31 bits per heavy atom. The number of nitrogens with zero attached hydrogens (tertiary/aromatic N) is 2. The molecule has 1 unspecified atom stereocenters. The van der Waals surface area contributed by atoms with E-state index in [9.17, 15) is 14.4 Å². The SMILES string of the molecule is Cc1ccccc1C(=O)NC(C(=O)N1CCCCC1)C1CCN(C(=O)c2ccco2)CC1. The lowest BCUT2D eigenvalue weighted by Gasteiger charge is -2.38. The number of benzene rings is 1. The van der Waals surface area contributed by atoms with Gasteiger partial charge in [0, 0.05) is 31.7 Å². The second kappa shape index (κ2) is 10.0. The van der Waals surface area contributed by atoms with Crippen LogP contribution in [0.4, 0.5) is 0 Å². The van der Waals surface area contributed by atoms with Crippen LogP contribution in [0.15, 0.2) is 47.1 Å². The molecule has 0 radical (unpaired) electrons. The summed E-state index contributed by atoms with van der Waals surface area (Å²) in [7, 11) is 0. The van der Waals surface area contributed by atoms with Gasteiger partial charge in [-0.1, -0.05) is 18.2 Å². The van der Waals surface area contributed by atoms with Crippen molar-refractivity contribution in [3.8, 4) is 0 Å². The van der Waals surface area contributed by atoms with Crippen LogP contribution in [0.1, 0.15) is 58.6 Å². The van der Waals surface area contributed by atoms with Crippen molar-refractivity contribution in [2.24, 2.45) is 5.92 Å². The van der Waals surface area contributed by atoms with Crippen LogP contribution in [-0.2, 0) is 4.79 Å². The van der Waals surface area contributed by atoms with Gasteiger partial charge in [0.2, 0.25) is 5.91 Å². The summed E-state index contributed by atoms with van der Waals surface area (Å²) < 4.78 is 5.24. The first kappa shape index (κ1) is 22.1. The van der Waals surface area contributed by atoms with E-state index < -0.39 is 6.04 Å². The second-order valence-electron chi connectivity index (χ2n) is 8.76. The van der Waals surface area contributed by atoms with Crippen molar-refractivity contribution in [2.75, 3.05) is 26.2 Å². The molecular formula is C25H31N3O4. The third kappa shape index (κ3) is 4.87. The Labute approximate surface area is 188 Å². The van der Waals surface area contributed by atoms with Gasteiger partial charge in [-0.15, -0.1) is 0 Å². The average molecular weight is 438 g/mol. The van der Waals surface area contributed by atoms with Crippen LogP contribution < -0.4 is 5.32 Å². The number of carbonyl (C=O) groups excluding carboxylic acids is 3. The molecule has 2 aromatic rings. The normalized spacial score (nSPS) is 18.3. The van der Waals surface area contributed by atoms with Gasteiger partial charge in [0.1, 0.15) is 6.04 Å². The Hall–Kier alpha value is -3.09. The van der Waals surface area contributed by atoms with Crippen LogP contribution in [-0.4, -0.2) is 59.7 Å². The molecule has 2 aliphatic heterocycles. The fourth-order valence-corrected chi connectivity index (χ4v) is 4.73. The minimum atomic E-state index is -0.582. The number of amides is 3. The van der Waals surface area contributed by atoms with Crippen molar-refractivity contribution in [1.29, 1.82) is 0 Å². The highest BCUT2D eigenvalue weighted by Gasteiger charge is 2.37. The molecule has 3 amide bonds. The van der Waals surface area contributed by atoms with Crippen molar-refractivity contribution in [3.05, 3.63) is 59.5 Å². The molecule has 7 heteroatoms. The van der Waals surface area contributed by atoms with E-state index in [1.165, 1.54) is 6.26 Å². The maximum absolute atomic E-state index is 13.5. The molecule has 2 fully saturated rings. The summed E-state index contributed by atoms with van der Waals surface area (Å²) in [6.45, 7) is 4.45. The summed E-state index contributed by atoms with van der Waals surface area (Å²) >= 11 is 0. The maximum atomic E-state index is 13.5. The van der Waals surface area contributed by atoms with E-state index in [-0.39, 0.29) is 23.6 Å². The number of carbonyl (C=O) groups is 3. The fourth-order valence-electron chi connectivity index (χ4n) is 4.73. The first-order valence-corrected chi connectivity index (χ1v) is 11.5. The van der Waals surface area contributed by atoms with Crippen molar-refractivity contribution < 1.29 is 18.8 Å². The lowest BCUT2D eigenvalue weighted by Crippen LogP contribution is -2.55. The second-order valence-corrected chi connectivity index (χ2v) is 8.76. The number of hydrogen-bond donors (Lipinski definition) is 1. The highest BCUT2D eigenvalue weighted by molar-refractivity contribution is 5.98. The molecule has 1 N–H and O–H groups in total. The topological polar surface area (TPSA) is 82.9 Å². The zero-order valence-electron chi connectivity index (χ0n) is 18.6. The molecule has 170 valence electrons. The van der Waals surface area contributed by atoms with Gasteiger partial charge in [0.15, 0.2) is 5.76 Å². The van der Waals surface area contributed by atoms with Gasteiger partial charge in [-0.2, -0.15) is 0 Å². The van der Waals surface area contributed by atoms with Gasteiger partial charge in [-0.3, -0.25) is 14.4 Å². The highest BCUT2D eigenvalue weighted by atomic mass is 16.3. The summed E-state index contributed by atoms with van der Waals surface area (Å²) in [5, 5.41) is 3.06. The Morgan fingerprint density at radius 2 is 1.66 bits per heavy atom. The molecule has 0 bridgehead atoms. The molecular weight excluding hydrogens is 406 g/mol. The molecule has 1 atom stereocenters. The van der Waals surface area contributed by atoms with E-state index in [4.69, 9.17) is 4.42 Å². The Kier molecular flexibility index (Phi) is 6.93. The molecule has 3 heterocycles. The molecule has 4 rings (SSSR count). The zero-order chi connectivity index (χ0) is 22.5. The first-order chi connectivity index (χ1) is 15.5. The van der Waals surface area contributed by atoms with Gasteiger partial charge in [-0.25, -0.2) is 0 Å². The number of hydrogen-bond acceptors (Lipinski definition) is 4. The largest absolute Gasteiger partial charge is 0.459 e.